The average molecular weight is 357 g/mol. The Kier molecular flexibility index (Phi) is 4.88. The normalized spacial score (nSPS) is 10.5. The van der Waals surface area contributed by atoms with Crippen LogP contribution in [0.25, 0.3) is 22.4 Å². The topological polar surface area (TPSA) is 90.2 Å². The molecule has 0 radical (unpaired) electrons. The standard InChI is InChI=1S/C19H20N2O5/c1-22-15-6-5-11(7-14(15)20)13-10-26-21-18(13)12-8-16(23-2)19(25-4)17(9-12)24-3/h5-10H,20H2,1-4H3/p+1. The summed E-state index contributed by atoms with van der Waals surface area (Å²) in [5.41, 5.74) is 9.88. The van der Waals surface area contributed by atoms with Crippen molar-refractivity contribution in [3.05, 3.63) is 36.6 Å². The predicted molar refractivity (Wildman–Crippen MR) is 96.8 cm³/mol. The smallest absolute Gasteiger partial charge is 0.267 e. The van der Waals surface area contributed by atoms with Crippen LogP contribution in [0.3, 0.4) is 0 Å². The molecule has 7 nitrogen and oxygen atoms in total. The molecular formula is C19H21N2O5+. The first-order chi connectivity index (χ1) is 12.6. The zero-order valence-electron chi connectivity index (χ0n) is 15.1. The molecule has 0 atom stereocenters. The number of anilines is 1. The van der Waals surface area contributed by atoms with Gasteiger partial charge in [-0.2, -0.15) is 0 Å². The van der Waals surface area contributed by atoms with Crippen LogP contribution in [0.2, 0.25) is 0 Å². The molecule has 0 aliphatic rings. The molecule has 0 amide bonds. The van der Waals surface area contributed by atoms with E-state index in [2.05, 4.69) is 5.16 Å². The summed E-state index contributed by atoms with van der Waals surface area (Å²) in [6.07, 6.45) is 1.62. The molecule has 0 spiro atoms. The SMILES string of the molecule is COc1ccc(-c2co[nH+]c2-c2cc(OC)c(OC)c(OC)c2)cc1N. The third-order valence-corrected chi connectivity index (χ3v) is 4.10. The number of nitrogen functional groups attached to an aromatic ring is 1. The summed E-state index contributed by atoms with van der Waals surface area (Å²) >= 11 is 0. The largest absolute Gasteiger partial charge is 0.495 e. The first kappa shape index (κ1) is 17.5. The number of ether oxygens (including phenoxy) is 4. The van der Waals surface area contributed by atoms with Crippen LogP contribution in [0.5, 0.6) is 23.0 Å². The fourth-order valence-electron chi connectivity index (χ4n) is 2.82. The summed E-state index contributed by atoms with van der Waals surface area (Å²) in [7, 11) is 6.30. The van der Waals surface area contributed by atoms with Crippen molar-refractivity contribution in [2.24, 2.45) is 0 Å². The Hall–Kier alpha value is -3.35. The number of rotatable bonds is 6. The fraction of sp³-hybridized carbons (Fsp3) is 0.211. The number of benzene rings is 2. The van der Waals surface area contributed by atoms with Gasteiger partial charge >= 0.3 is 0 Å². The zero-order chi connectivity index (χ0) is 18.7. The number of hydrogen-bond donors (Lipinski definition) is 1. The Morgan fingerprint density at radius 3 is 2.00 bits per heavy atom. The molecule has 3 N–H and O–H groups in total. The second-order valence-corrected chi connectivity index (χ2v) is 5.50. The van der Waals surface area contributed by atoms with Crippen molar-refractivity contribution in [3.8, 4) is 45.4 Å². The molecule has 0 aliphatic heterocycles. The molecule has 3 aromatic rings. The van der Waals surface area contributed by atoms with Gasteiger partial charge in [-0.15, -0.1) is 0 Å². The van der Waals surface area contributed by atoms with Gasteiger partial charge in [0, 0.05) is 0 Å². The van der Waals surface area contributed by atoms with E-state index in [0.717, 1.165) is 22.4 Å². The molecule has 0 saturated carbocycles. The van der Waals surface area contributed by atoms with Gasteiger partial charge in [-0.05, 0) is 35.0 Å². The lowest BCUT2D eigenvalue weighted by molar-refractivity contribution is -0.599. The second kappa shape index (κ2) is 7.26. The van der Waals surface area contributed by atoms with Gasteiger partial charge in [0.05, 0.1) is 39.7 Å². The van der Waals surface area contributed by atoms with E-state index >= 15 is 0 Å². The maximum atomic E-state index is 6.03. The van der Waals surface area contributed by atoms with Crippen LogP contribution < -0.4 is 29.8 Å². The molecule has 7 heteroatoms. The summed E-state index contributed by atoms with van der Waals surface area (Å²) in [5, 5.41) is 2.91. The van der Waals surface area contributed by atoms with E-state index in [1.807, 2.05) is 30.3 Å². The molecule has 3 rings (SSSR count). The Morgan fingerprint density at radius 1 is 0.808 bits per heavy atom. The van der Waals surface area contributed by atoms with Crippen LogP contribution >= 0.6 is 0 Å². The van der Waals surface area contributed by atoms with Crippen molar-refractivity contribution >= 4 is 5.69 Å². The van der Waals surface area contributed by atoms with Gasteiger partial charge in [-0.25, -0.2) is 4.52 Å². The molecule has 1 aromatic heterocycles. The summed E-state index contributed by atoms with van der Waals surface area (Å²) in [6, 6.07) is 9.25. The number of methoxy groups -OCH3 is 4. The maximum absolute atomic E-state index is 6.03. The number of H-pyrrole nitrogens is 1. The molecule has 1 heterocycles. The van der Waals surface area contributed by atoms with Crippen LogP contribution in [0.4, 0.5) is 5.69 Å². The lowest BCUT2D eigenvalue weighted by Gasteiger charge is -2.12. The highest BCUT2D eigenvalue weighted by Gasteiger charge is 2.23. The molecule has 0 unspecified atom stereocenters. The number of nitrogens with one attached hydrogen (secondary N) is 1. The lowest BCUT2D eigenvalue weighted by Crippen LogP contribution is -2.02. The molecule has 2 aromatic carbocycles. The number of nitrogens with two attached hydrogens (primary N) is 1. The molecule has 0 aliphatic carbocycles. The van der Waals surface area contributed by atoms with Crippen LogP contribution in [-0.4, -0.2) is 28.4 Å². The summed E-state index contributed by atoms with van der Waals surface area (Å²) in [5.74, 6) is 2.25. The third-order valence-electron chi connectivity index (χ3n) is 4.10. The zero-order valence-corrected chi connectivity index (χ0v) is 15.1. The van der Waals surface area contributed by atoms with E-state index in [1.165, 1.54) is 0 Å². The van der Waals surface area contributed by atoms with E-state index in [4.69, 9.17) is 29.2 Å². The van der Waals surface area contributed by atoms with Gasteiger partial charge in [0.25, 0.3) is 5.69 Å². The minimum atomic E-state index is 0.525. The van der Waals surface area contributed by atoms with E-state index < -0.39 is 0 Å². The molecule has 0 fully saturated rings. The van der Waals surface area contributed by atoms with Gasteiger partial charge in [-0.1, -0.05) is 6.07 Å². The summed E-state index contributed by atoms with van der Waals surface area (Å²) < 4.78 is 26.8. The van der Waals surface area contributed by atoms with Gasteiger partial charge < -0.3 is 24.7 Å². The van der Waals surface area contributed by atoms with Crippen molar-refractivity contribution in [3.63, 3.8) is 0 Å². The van der Waals surface area contributed by atoms with Crippen LogP contribution in [0.15, 0.2) is 41.1 Å². The first-order valence-electron chi connectivity index (χ1n) is 7.86. The van der Waals surface area contributed by atoms with Crippen LogP contribution in [-0.2, 0) is 0 Å². The molecule has 26 heavy (non-hydrogen) atoms. The van der Waals surface area contributed by atoms with E-state index in [1.54, 1.807) is 34.7 Å². The average Bonchev–Trinajstić information content (AvgIpc) is 3.16. The third kappa shape index (κ3) is 2.99. The molecule has 0 saturated heterocycles. The molecule has 136 valence electrons. The first-order valence-corrected chi connectivity index (χ1v) is 7.86. The maximum Gasteiger partial charge on any atom is 0.267 e. The van der Waals surface area contributed by atoms with Gasteiger partial charge in [-0.3, -0.25) is 0 Å². The minimum absolute atomic E-state index is 0.525. The lowest BCUT2D eigenvalue weighted by atomic mass is 10.0. The molecular weight excluding hydrogens is 336 g/mol. The monoisotopic (exact) mass is 357 g/mol. The van der Waals surface area contributed by atoms with Crippen molar-refractivity contribution in [2.45, 2.75) is 0 Å². The number of aromatic amines is 1. The van der Waals surface area contributed by atoms with E-state index in [0.29, 0.717) is 28.7 Å². The quantitative estimate of drug-likeness (QED) is 0.682. The van der Waals surface area contributed by atoms with Crippen molar-refractivity contribution in [1.29, 1.82) is 0 Å². The summed E-state index contributed by atoms with van der Waals surface area (Å²) in [6.45, 7) is 0. The fourth-order valence-corrected chi connectivity index (χ4v) is 2.82. The van der Waals surface area contributed by atoms with Crippen LogP contribution in [0, 0.1) is 0 Å². The number of hydrogen-bond acceptors (Lipinski definition) is 6. The second-order valence-electron chi connectivity index (χ2n) is 5.50. The number of aromatic nitrogens is 1. The molecule has 0 bridgehead atoms. The van der Waals surface area contributed by atoms with Crippen LogP contribution in [0.1, 0.15) is 0 Å². The Labute approximate surface area is 151 Å². The van der Waals surface area contributed by atoms with Gasteiger partial charge in [0.2, 0.25) is 5.75 Å². The van der Waals surface area contributed by atoms with Gasteiger partial charge in [0.1, 0.15) is 11.3 Å². The van der Waals surface area contributed by atoms with E-state index in [-0.39, 0.29) is 0 Å². The summed E-state index contributed by atoms with van der Waals surface area (Å²) in [4.78, 5) is 0. The van der Waals surface area contributed by atoms with Crippen molar-refractivity contribution < 1.29 is 28.6 Å². The Balaban J connectivity index is 2.13. The van der Waals surface area contributed by atoms with E-state index in [9.17, 15) is 0 Å². The highest BCUT2D eigenvalue weighted by atomic mass is 16.5. The minimum Gasteiger partial charge on any atom is -0.495 e. The highest BCUT2D eigenvalue weighted by molar-refractivity contribution is 5.82. The van der Waals surface area contributed by atoms with Crippen molar-refractivity contribution in [1.82, 2.24) is 0 Å². The Morgan fingerprint density at radius 2 is 1.46 bits per heavy atom. The highest BCUT2D eigenvalue weighted by Crippen LogP contribution is 2.42. The van der Waals surface area contributed by atoms with Crippen molar-refractivity contribution in [2.75, 3.05) is 34.2 Å². The Bertz CT molecular complexity index is 895. The van der Waals surface area contributed by atoms with Gasteiger partial charge in [0.15, 0.2) is 17.8 Å². The predicted octanol–water partition coefficient (Wildman–Crippen LogP) is 3.04.